The van der Waals surface area contributed by atoms with Crippen molar-refractivity contribution in [2.45, 2.75) is 6.42 Å². The molecule has 7 heteroatoms. The van der Waals surface area contributed by atoms with Crippen LogP contribution in [0.3, 0.4) is 0 Å². The van der Waals surface area contributed by atoms with Crippen LogP contribution in [0, 0.1) is 5.82 Å². The lowest BCUT2D eigenvalue weighted by atomic mass is 10.3. The number of hydrogen-bond donors (Lipinski definition) is 2. The number of imidazole rings is 1. The van der Waals surface area contributed by atoms with Crippen LogP contribution in [0.1, 0.15) is 5.89 Å². The maximum atomic E-state index is 13.0. The molecule has 0 aliphatic heterocycles. The second-order valence-electron chi connectivity index (χ2n) is 3.76. The molecule has 6 nitrogen and oxygen atoms in total. The molecule has 3 aromatic rings. The van der Waals surface area contributed by atoms with Crippen molar-refractivity contribution in [1.82, 2.24) is 20.1 Å². The Morgan fingerprint density at radius 1 is 1.39 bits per heavy atom. The Morgan fingerprint density at radius 3 is 3.17 bits per heavy atom. The Labute approximate surface area is 101 Å². The molecule has 3 rings (SSSR count). The monoisotopic (exact) mass is 247 g/mol. The van der Waals surface area contributed by atoms with Crippen LogP contribution in [0.5, 0.6) is 0 Å². The molecular formula is C11H10FN5O. The van der Waals surface area contributed by atoms with Crippen molar-refractivity contribution >= 4 is 17.0 Å². The SMILES string of the molecule is Fc1ccc2nc(NCCc3ncno3)[nH]c2c1. The van der Waals surface area contributed by atoms with Gasteiger partial charge in [0.2, 0.25) is 11.8 Å². The Kier molecular flexibility index (Phi) is 2.64. The van der Waals surface area contributed by atoms with Crippen LogP contribution in [0.25, 0.3) is 11.0 Å². The van der Waals surface area contributed by atoms with Gasteiger partial charge in [-0.2, -0.15) is 4.98 Å². The Balaban J connectivity index is 1.67. The van der Waals surface area contributed by atoms with Crippen molar-refractivity contribution in [3.63, 3.8) is 0 Å². The van der Waals surface area contributed by atoms with Crippen LogP contribution in [-0.4, -0.2) is 26.7 Å². The van der Waals surface area contributed by atoms with E-state index >= 15 is 0 Å². The van der Waals surface area contributed by atoms with Gasteiger partial charge in [0.25, 0.3) is 0 Å². The molecule has 18 heavy (non-hydrogen) atoms. The summed E-state index contributed by atoms with van der Waals surface area (Å²) in [6.45, 7) is 0.602. The van der Waals surface area contributed by atoms with Gasteiger partial charge in [0.15, 0.2) is 6.33 Å². The third-order valence-corrected chi connectivity index (χ3v) is 2.48. The van der Waals surface area contributed by atoms with Crippen LogP contribution in [0.4, 0.5) is 10.3 Å². The van der Waals surface area contributed by atoms with E-state index in [0.29, 0.717) is 30.3 Å². The maximum Gasteiger partial charge on any atom is 0.228 e. The highest BCUT2D eigenvalue weighted by Gasteiger charge is 2.04. The molecule has 2 aromatic heterocycles. The first kappa shape index (κ1) is 10.7. The van der Waals surface area contributed by atoms with Crippen molar-refractivity contribution in [2.75, 3.05) is 11.9 Å². The molecule has 2 heterocycles. The van der Waals surface area contributed by atoms with Crippen LogP contribution in [-0.2, 0) is 6.42 Å². The predicted octanol–water partition coefficient (Wildman–Crippen LogP) is 1.74. The van der Waals surface area contributed by atoms with E-state index in [9.17, 15) is 4.39 Å². The molecule has 0 atom stereocenters. The van der Waals surface area contributed by atoms with Gasteiger partial charge in [-0.1, -0.05) is 5.16 Å². The largest absolute Gasteiger partial charge is 0.355 e. The number of fused-ring (bicyclic) bond motifs is 1. The van der Waals surface area contributed by atoms with Gasteiger partial charge < -0.3 is 14.8 Å². The van der Waals surface area contributed by atoms with E-state index in [0.717, 1.165) is 5.52 Å². The average Bonchev–Trinajstić information content (AvgIpc) is 2.97. The molecule has 0 aliphatic rings. The van der Waals surface area contributed by atoms with Crippen molar-refractivity contribution in [2.24, 2.45) is 0 Å². The summed E-state index contributed by atoms with van der Waals surface area (Å²) in [5.74, 6) is 0.864. The van der Waals surface area contributed by atoms with Crippen LogP contribution < -0.4 is 5.32 Å². The summed E-state index contributed by atoms with van der Waals surface area (Å²) < 4.78 is 17.9. The number of halogens is 1. The van der Waals surface area contributed by atoms with Gasteiger partial charge in [-0.25, -0.2) is 9.37 Å². The van der Waals surface area contributed by atoms with E-state index < -0.39 is 0 Å². The Bertz CT molecular complexity index is 649. The number of benzene rings is 1. The number of rotatable bonds is 4. The molecule has 0 unspecified atom stereocenters. The second-order valence-corrected chi connectivity index (χ2v) is 3.76. The van der Waals surface area contributed by atoms with E-state index in [4.69, 9.17) is 4.52 Å². The number of nitrogens with one attached hydrogen (secondary N) is 2. The molecule has 0 radical (unpaired) electrons. The van der Waals surface area contributed by atoms with Gasteiger partial charge in [0.1, 0.15) is 5.82 Å². The van der Waals surface area contributed by atoms with Crippen LogP contribution >= 0.6 is 0 Å². The van der Waals surface area contributed by atoms with Gasteiger partial charge in [-0.15, -0.1) is 0 Å². The summed E-state index contributed by atoms with van der Waals surface area (Å²) in [4.78, 5) is 11.2. The summed E-state index contributed by atoms with van der Waals surface area (Å²) in [6.07, 6.45) is 1.96. The normalized spacial score (nSPS) is 10.9. The molecule has 92 valence electrons. The van der Waals surface area contributed by atoms with E-state index in [1.807, 2.05) is 0 Å². The first-order valence-corrected chi connectivity index (χ1v) is 5.46. The smallest absolute Gasteiger partial charge is 0.228 e. The highest BCUT2D eigenvalue weighted by molar-refractivity contribution is 5.77. The van der Waals surface area contributed by atoms with Gasteiger partial charge in [0.05, 0.1) is 11.0 Å². The number of H-pyrrole nitrogens is 1. The third-order valence-electron chi connectivity index (χ3n) is 2.48. The molecule has 0 saturated heterocycles. The minimum Gasteiger partial charge on any atom is -0.355 e. The highest BCUT2D eigenvalue weighted by atomic mass is 19.1. The van der Waals surface area contributed by atoms with E-state index in [1.165, 1.54) is 18.5 Å². The molecule has 1 aromatic carbocycles. The lowest BCUT2D eigenvalue weighted by Gasteiger charge is -1.98. The van der Waals surface area contributed by atoms with E-state index in [-0.39, 0.29) is 5.82 Å². The summed E-state index contributed by atoms with van der Waals surface area (Å²) >= 11 is 0. The van der Waals surface area contributed by atoms with Crippen molar-refractivity contribution in [3.05, 3.63) is 36.2 Å². The van der Waals surface area contributed by atoms with Crippen molar-refractivity contribution < 1.29 is 8.91 Å². The van der Waals surface area contributed by atoms with E-state index in [2.05, 4.69) is 25.4 Å². The molecule has 0 spiro atoms. The summed E-state index contributed by atoms with van der Waals surface area (Å²) in [5.41, 5.74) is 1.38. The zero-order valence-corrected chi connectivity index (χ0v) is 9.35. The highest BCUT2D eigenvalue weighted by Crippen LogP contribution is 2.15. The molecule has 0 aliphatic carbocycles. The maximum absolute atomic E-state index is 13.0. The molecule has 0 fully saturated rings. The quantitative estimate of drug-likeness (QED) is 0.734. The van der Waals surface area contributed by atoms with Gasteiger partial charge >= 0.3 is 0 Å². The van der Waals surface area contributed by atoms with Crippen LogP contribution in [0.15, 0.2) is 29.0 Å². The topological polar surface area (TPSA) is 79.6 Å². The molecule has 0 saturated carbocycles. The number of anilines is 1. The summed E-state index contributed by atoms with van der Waals surface area (Å²) in [5, 5.41) is 6.59. The fraction of sp³-hybridized carbons (Fsp3) is 0.182. The lowest BCUT2D eigenvalue weighted by molar-refractivity contribution is 0.379. The fourth-order valence-electron chi connectivity index (χ4n) is 1.66. The van der Waals surface area contributed by atoms with Gasteiger partial charge in [-0.05, 0) is 18.2 Å². The predicted molar refractivity (Wildman–Crippen MR) is 62.5 cm³/mol. The first-order valence-electron chi connectivity index (χ1n) is 5.46. The molecule has 0 bridgehead atoms. The van der Waals surface area contributed by atoms with Gasteiger partial charge in [-0.3, -0.25) is 0 Å². The lowest BCUT2D eigenvalue weighted by Crippen LogP contribution is -2.06. The molecular weight excluding hydrogens is 237 g/mol. The fourth-order valence-corrected chi connectivity index (χ4v) is 1.66. The van der Waals surface area contributed by atoms with Crippen molar-refractivity contribution in [3.8, 4) is 0 Å². The third kappa shape index (κ3) is 2.15. The van der Waals surface area contributed by atoms with E-state index in [1.54, 1.807) is 6.07 Å². The number of hydrogen-bond acceptors (Lipinski definition) is 5. The average molecular weight is 247 g/mol. The standard InChI is InChI=1S/C11H10FN5O/c12-7-1-2-8-9(5-7)17-11(16-8)13-4-3-10-14-6-15-18-10/h1-2,5-6H,3-4H2,(H2,13,16,17). The Morgan fingerprint density at radius 2 is 2.33 bits per heavy atom. The van der Waals surface area contributed by atoms with Crippen LogP contribution in [0.2, 0.25) is 0 Å². The van der Waals surface area contributed by atoms with Crippen molar-refractivity contribution in [1.29, 1.82) is 0 Å². The number of aromatic amines is 1. The van der Waals surface area contributed by atoms with Gasteiger partial charge in [0, 0.05) is 13.0 Å². The minimum atomic E-state index is -0.288. The first-order chi connectivity index (χ1) is 8.81. The molecule has 0 amide bonds. The summed E-state index contributed by atoms with van der Waals surface area (Å²) in [7, 11) is 0. The summed E-state index contributed by atoms with van der Waals surface area (Å²) in [6, 6.07) is 4.42. The minimum absolute atomic E-state index is 0.288. The zero-order valence-electron chi connectivity index (χ0n) is 9.35. The second kappa shape index (κ2) is 4.44. The number of nitrogens with zero attached hydrogens (tertiary/aromatic N) is 3. The number of aromatic nitrogens is 4. The zero-order chi connectivity index (χ0) is 12.4. The molecule has 2 N–H and O–H groups in total. The Hall–Kier alpha value is -2.44.